The number of nitrogens with two attached hydrogens (primary N) is 1. The van der Waals surface area contributed by atoms with E-state index in [2.05, 4.69) is 5.32 Å². The molecule has 3 N–H and O–H groups in total. The highest BCUT2D eigenvalue weighted by Gasteiger charge is 2.38. The van der Waals surface area contributed by atoms with E-state index >= 15 is 0 Å². The van der Waals surface area contributed by atoms with Crippen molar-refractivity contribution in [3.05, 3.63) is 24.0 Å². The maximum atomic E-state index is 13.0. The van der Waals surface area contributed by atoms with Crippen molar-refractivity contribution in [2.24, 2.45) is 0 Å². The Bertz CT molecular complexity index is 453. The molecule has 0 radical (unpaired) electrons. The molecule has 0 heterocycles. The van der Waals surface area contributed by atoms with Gasteiger partial charge >= 0.3 is 0 Å². The number of carbonyl (C=O) groups excluding carboxylic acids is 1. The summed E-state index contributed by atoms with van der Waals surface area (Å²) in [4.78, 5) is 11.9. The van der Waals surface area contributed by atoms with E-state index in [4.69, 9.17) is 10.5 Å². The van der Waals surface area contributed by atoms with Gasteiger partial charge < -0.3 is 15.8 Å². The summed E-state index contributed by atoms with van der Waals surface area (Å²) in [6.45, 7) is 0. The lowest BCUT2D eigenvalue weighted by Crippen LogP contribution is -2.42. The number of nitrogen functional groups attached to an aromatic ring is 1. The summed E-state index contributed by atoms with van der Waals surface area (Å²) in [5.41, 5.74) is 5.66. The van der Waals surface area contributed by atoms with Crippen LogP contribution >= 0.6 is 0 Å². The van der Waals surface area contributed by atoms with Gasteiger partial charge in [-0.1, -0.05) is 0 Å². The van der Waals surface area contributed by atoms with Crippen molar-refractivity contribution < 1.29 is 13.9 Å². The number of nitrogens with one attached hydrogen (secondary N) is 1. The first-order chi connectivity index (χ1) is 8.54. The summed E-state index contributed by atoms with van der Waals surface area (Å²) in [6, 6.07) is 4.14. The Morgan fingerprint density at radius 1 is 1.56 bits per heavy atom. The lowest BCUT2D eigenvalue weighted by atomic mass is 9.77. The Labute approximate surface area is 105 Å². The molecule has 0 aliphatic heterocycles. The van der Waals surface area contributed by atoms with Crippen molar-refractivity contribution in [2.75, 3.05) is 18.2 Å². The minimum absolute atomic E-state index is 0.0258. The fraction of sp³-hybridized carbons (Fsp3) is 0.462. The highest BCUT2D eigenvalue weighted by molar-refractivity contribution is 5.91. The van der Waals surface area contributed by atoms with Crippen molar-refractivity contribution in [1.82, 2.24) is 0 Å². The second-order valence-electron chi connectivity index (χ2n) is 4.70. The van der Waals surface area contributed by atoms with Crippen LogP contribution < -0.4 is 11.1 Å². The molecule has 1 aromatic rings. The molecule has 0 atom stereocenters. The molecule has 18 heavy (non-hydrogen) atoms. The van der Waals surface area contributed by atoms with Crippen molar-refractivity contribution in [3.63, 3.8) is 0 Å². The summed E-state index contributed by atoms with van der Waals surface area (Å²) in [7, 11) is 1.63. The highest BCUT2D eigenvalue weighted by atomic mass is 19.1. The Morgan fingerprint density at radius 2 is 2.28 bits per heavy atom. The molecule has 2 rings (SSSR count). The minimum atomic E-state index is -0.486. The van der Waals surface area contributed by atoms with Crippen LogP contribution in [0.2, 0.25) is 0 Å². The average molecular weight is 252 g/mol. The van der Waals surface area contributed by atoms with Gasteiger partial charge in [-0.05, 0) is 37.5 Å². The van der Waals surface area contributed by atoms with Gasteiger partial charge in [0.25, 0.3) is 0 Å². The Morgan fingerprint density at radius 3 is 2.78 bits per heavy atom. The third-order valence-corrected chi connectivity index (χ3v) is 3.46. The van der Waals surface area contributed by atoms with Crippen LogP contribution in [-0.4, -0.2) is 18.6 Å². The first kappa shape index (κ1) is 12.8. The first-order valence-electron chi connectivity index (χ1n) is 5.95. The maximum Gasteiger partial charge on any atom is 0.227 e. The fourth-order valence-electron chi connectivity index (χ4n) is 2.14. The van der Waals surface area contributed by atoms with E-state index in [0.717, 1.165) is 19.3 Å². The number of hydrogen-bond acceptors (Lipinski definition) is 3. The van der Waals surface area contributed by atoms with Crippen molar-refractivity contribution in [1.29, 1.82) is 0 Å². The van der Waals surface area contributed by atoms with Crippen LogP contribution in [0, 0.1) is 5.82 Å². The van der Waals surface area contributed by atoms with E-state index < -0.39 is 5.82 Å². The topological polar surface area (TPSA) is 64.3 Å². The van der Waals surface area contributed by atoms with Gasteiger partial charge in [-0.25, -0.2) is 4.39 Å². The highest BCUT2D eigenvalue weighted by Crippen LogP contribution is 2.38. The van der Waals surface area contributed by atoms with E-state index in [1.54, 1.807) is 7.11 Å². The minimum Gasteiger partial charge on any atom is -0.396 e. The van der Waals surface area contributed by atoms with Crippen LogP contribution in [0.25, 0.3) is 0 Å². The van der Waals surface area contributed by atoms with E-state index in [9.17, 15) is 9.18 Å². The maximum absolute atomic E-state index is 13.0. The molecule has 0 bridgehead atoms. The molecule has 1 aliphatic carbocycles. The van der Waals surface area contributed by atoms with Crippen molar-refractivity contribution >= 4 is 17.3 Å². The summed E-state index contributed by atoms with van der Waals surface area (Å²) in [5.74, 6) is -0.622. The summed E-state index contributed by atoms with van der Waals surface area (Å²) >= 11 is 0. The number of benzene rings is 1. The molecule has 1 aromatic carbocycles. The SMILES string of the molecule is COC1(CC(=O)Nc2ccc(F)c(N)c2)CCC1. The molecule has 1 amide bonds. The number of amides is 1. The fourth-order valence-corrected chi connectivity index (χ4v) is 2.14. The second-order valence-corrected chi connectivity index (χ2v) is 4.70. The van der Waals surface area contributed by atoms with E-state index in [0.29, 0.717) is 12.1 Å². The first-order valence-corrected chi connectivity index (χ1v) is 5.95. The molecule has 0 unspecified atom stereocenters. The lowest BCUT2D eigenvalue weighted by molar-refractivity contribution is -0.129. The number of halogens is 1. The van der Waals surface area contributed by atoms with Gasteiger partial charge in [0.15, 0.2) is 0 Å². The number of rotatable bonds is 4. The van der Waals surface area contributed by atoms with Crippen LogP contribution in [0.15, 0.2) is 18.2 Å². The van der Waals surface area contributed by atoms with Crippen LogP contribution in [0.5, 0.6) is 0 Å². The summed E-state index contributed by atoms with van der Waals surface area (Å²) in [6.07, 6.45) is 3.22. The largest absolute Gasteiger partial charge is 0.396 e. The zero-order valence-electron chi connectivity index (χ0n) is 10.3. The molecule has 98 valence electrons. The lowest BCUT2D eigenvalue weighted by Gasteiger charge is -2.39. The Hall–Kier alpha value is -1.62. The van der Waals surface area contributed by atoms with Gasteiger partial charge in [-0.2, -0.15) is 0 Å². The second kappa shape index (κ2) is 4.94. The standard InChI is InChI=1S/C13H17FN2O2/c1-18-13(5-2-6-13)8-12(17)16-9-3-4-10(14)11(15)7-9/h3-4,7H,2,5-6,8,15H2,1H3,(H,16,17). The molecule has 4 nitrogen and oxygen atoms in total. The number of carbonyl (C=O) groups is 1. The van der Waals surface area contributed by atoms with Gasteiger partial charge in [-0.15, -0.1) is 0 Å². The molecule has 0 aromatic heterocycles. The van der Waals surface area contributed by atoms with Crippen molar-refractivity contribution in [2.45, 2.75) is 31.3 Å². The number of ether oxygens (including phenoxy) is 1. The monoisotopic (exact) mass is 252 g/mol. The Balaban J connectivity index is 1.96. The average Bonchev–Trinajstić information content (AvgIpc) is 2.29. The van der Waals surface area contributed by atoms with E-state index in [-0.39, 0.29) is 17.2 Å². The summed E-state index contributed by atoms with van der Waals surface area (Å²) in [5, 5.41) is 2.70. The predicted molar refractivity (Wildman–Crippen MR) is 67.7 cm³/mol. The quantitative estimate of drug-likeness (QED) is 0.808. The third kappa shape index (κ3) is 2.61. The van der Waals surface area contributed by atoms with Gasteiger partial charge in [0.2, 0.25) is 5.91 Å². The molecule has 1 fully saturated rings. The summed E-state index contributed by atoms with van der Waals surface area (Å²) < 4.78 is 18.3. The predicted octanol–water partition coefficient (Wildman–Crippen LogP) is 2.31. The van der Waals surface area contributed by atoms with Crippen LogP contribution in [0.4, 0.5) is 15.8 Å². The van der Waals surface area contributed by atoms with E-state index in [1.807, 2.05) is 0 Å². The zero-order valence-corrected chi connectivity index (χ0v) is 10.3. The van der Waals surface area contributed by atoms with Crippen LogP contribution in [0.1, 0.15) is 25.7 Å². The number of anilines is 2. The van der Waals surface area contributed by atoms with Crippen molar-refractivity contribution in [3.8, 4) is 0 Å². The molecule has 5 heteroatoms. The number of methoxy groups -OCH3 is 1. The third-order valence-electron chi connectivity index (χ3n) is 3.46. The van der Waals surface area contributed by atoms with Gasteiger partial charge in [0.05, 0.1) is 17.7 Å². The van der Waals surface area contributed by atoms with Crippen LogP contribution in [0.3, 0.4) is 0 Å². The Kier molecular flexibility index (Phi) is 3.52. The molecule has 1 saturated carbocycles. The van der Waals surface area contributed by atoms with Gasteiger partial charge in [0.1, 0.15) is 5.82 Å². The molecular formula is C13H17FN2O2. The van der Waals surface area contributed by atoms with Gasteiger partial charge in [0, 0.05) is 12.8 Å². The molecule has 1 aliphatic rings. The molecule has 0 spiro atoms. The number of hydrogen-bond donors (Lipinski definition) is 2. The molecule has 0 saturated heterocycles. The van der Waals surface area contributed by atoms with Gasteiger partial charge in [-0.3, -0.25) is 4.79 Å². The molecular weight excluding hydrogens is 235 g/mol. The normalized spacial score (nSPS) is 17.0. The smallest absolute Gasteiger partial charge is 0.227 e. The van der Waals surface area contributed by atoms with Crippen LogP contribution in [-0.2, 0) is 9.53 Å². The zero-order chi connectivity index (χ0) is 13.2. The van der Waals surface area contributed by atoms with E-state index in [1.165, 1.54) is 18.2 Å².